The van der Waals surface area contributed by atoms with E-state index in [0.717, 1.165) is 25.2 Å². The average Bonchev–Trinajstić information content (AvgIpc) is 2.59. The van der Waals surface area contributed by atoms with Crippen LogP contribution in [-0.2, 0) is 20.9 Å². The lowest BCUT2D eigenvalue weighted by Gasteiger charge is -2.26. The predicted molar refractivity (Wildman–Crippen MR) is 89.6 cm³/mol. The minimum atomic E-state index is -0.439. The van der Waals surface area contributed by atoms with Crippen molar-refractivity contribution in [2.75, 3.05) is 32.8 Å². The van der Waals surface area contributed by atoms with E-state index in [9.17, 15) is 4.79 Å². The molecule has 0 aromatic heterocycles. The Morgan fingerprint density at radius 3 is 2.65 bits per heavy atom. The van der Waals surface area contributed by atoms with Crippen molar-refractivity contribution >= 4 is 5.97 Å². The summed E-state index contributed by atoms with van der Waals surface area (Å²) < 4.78 is 10.7. The molecule has 23 heavy (non-hydrogen) atoms. The Labute approximate surface area is 138 Å². The fourth-order valence-corrected chi connectivity index (χ4v) is 2.53. The summed E-state index contributed by atoms with van der Waals surface area (Å²) in [5, 5.41) is 0. The van der Waals surface area contributed by atoms with Crippen LogP contribution in [0.5, 0.6) is 0 Å². The standard InChI is InChI=1S/C18H26N2O3/c19-17(15-22-12-11-20-9-5-2-6-10-20)13-18(21)23-14-16-7-3-1-4-8-16/h1,3-4,7-8,13H,2,5-6,9-12,14-15,19H2/b17-13-. The van der Waals surface area contributed by atoms with E-state index in [-0.39, 0.29) is 13.2 Å². The van der Waals surface area contributed by atoms with E-state index >= 15 is 0 Å². The molecule has 126 valence electrons. The maximum absolute atomic E-state index is 11.7. The number of rotatable bonds is 8. The lowest BCUT2D eigenvalue weighted by Crippen LogP contribution is -2.32. The van der Waals surface area contributed by atoms with Gasteiger partial charge in [0.05, 0.1) is 13.2 Å². The summed E-state index contributed by atoms with van der Waals surface area (Å²) >= 11 is 0. The molecule has 1 aliphatic heterocycles. The predicted octanol–water partition coefficient (Wildman–Crippen LogP) is 2.07. The summed E-state index contributed by atoms with van der Waals surface area (Å²) in [4.78, 5) is 14.1. The second kappa shape index (κ2) is 10.0. The SMILES string of the molecule is N/C(=C\C(=O)OCc1ccccc1)COCCN1CCCCC1. The Balaban J connectivity index is 1.59. The number of hydrogen-bond donors (Lipinski definition) is 1. The van der Waals surface area contributed by atoms with E-state index in [1.54, 1.807) is 0 Å². The van der Waals surface area contributed by atoms with Gasteiger partial charge >= 0.3 is 5.97 Å². The zero-order chi connectivity index (χ0) is 16.3. The molecule has 0 unspecified atom stereocenters. The minimum Gasteiger partial charge on any atom is -0.458 e. The molecule has 0 amide bonds. The largest absolute Gasteiger partial charge is 0.458 e. The van der Waals surface area contributed by atoms with Gasteiger partial charge in [-0.05, 0) is 31.5 Å². The van der Waals surface area contributed by atoms with Crippen molar-refractivity contribution in [1.82, 2.24) is 4.90 Å². The number of likely N-dealkylation sites (tertiary alicyclic amines) is 1. The Hall–Kier alpha value is -1.85. The average molecular weight is 318 g/mol. The van der Waals surface area contributed by atoms with Crippen molar-refractivity contribution in [1.29, 1.82) is 0 Å². The van der Waals surface area contributed by atoms with Crippen LogP contribution in [0.3, 0.4) is 0 Å². The summed E-state index contributed by atoms with van der Waals surface area (Å²) in [5.41, 5.74) is 7.12. The van der Waals surface area contributed by atoms with E-state index in [2.05, 4.69) is 4.90 Å². The van der Waals surface area contributed by atoms with Crippen LogP contribution in [0.25, 0.3) is 0 Å². The normalized spacial score (nSPS) is 16.3. The maximum Gasteiger partial charge on any atom is 0.332 e. The highest BCUT2D eigenvalue weighted by Crippen LogP contribution is 2.07. The van der Waals surface area contributed by atoms with Crippen LogP contribution < -0.4 is 5.73 Å². The van der Waals surface area contributed by atoms with Gasteiger partial charge in [0.15, 0.2) is 0 Å². The first kappa shape index (κ1) is 17.5. The molecule has 0 radical (unpaired) electrons. The van der Waals surface area contributed by atoms with Crippen molar-refractivity contribution < 1.29 is 14.3 Å². The van der Waals surface area contributed by atoms with Crippen molar-refractivity contribution in [2.24, 2.45) is 5.73 Å². The molecular weight excluding hydrogens is 292 g/mol. The molecule has 0 aliphatic carbocycles. The number of piperidine rings is 1. The topological polar surface area (TPSA) is 64.8 Å². The monoisotopic (exact) mass is 318 g/mol. The molecule has 2 N–H and O–H groups in total. The van der Waals surface area contributed by atoms with E-state index < -0.39 is 5.97 Å². The third kappa shape index (κ3) is 7.30. The lowest BCUT2D eigenvalue weighted by molar-refractivity contribution is -0.139. The number of ether oxygens (including phenoxy) is 2. The molecule has 5 nitrogen and oxygen atoms in total. The van der Waals surface area contributed by atoms with Crippen LogP contribution in [-0.4, -0.2) is 43.7 Å². The highest BCUT2D eigenvalue weighted by atomic mass is 16.5. The first-order valence-electron chi connectivity index (χ1n) is 8.21. The van der Waals surface area contributed by atoms with Gasteiger partial charge in [0.1, 0.15) is 6.61 Å². The molecule has 0 spiro atoms. The van der Waals surface area contributed by atoms with E-state index in [4.69, 9.17) is 15.2 Å². The first-order valence-corrected chi connectivity index (χ1v) is 8.21. The van der Waals surface area contributed by atoms with Gasteiger partial charge in [-0.1, -0.05) is 36.8 Å². The third-order valence-corrected chi connectivity index (χ3v) is 3.80. The molecule has 0 saturated carbocycles. The quantitative estimate of drug-likeness (QED) is 0.452. The van der Waals surface area contributed by atoms with Crippen molar-refractivity contribution in [2.45, 2.75) is 25.9 Å². The van der Waals surface area contributed by atoms with Gasteiger partial charge in [0.25, 0.3) is 0 Å². The zero-order valence-electron chi connectivity index (χ0n) is 13.6. The fraction of sp³-hybridized carbons (Fsp3) is 0.500. The van der Waals surface area contributed by atoms with E-state index in [0.29, 0.717) is 12.3 Å². The summed E-state index contributed by atoms with van der Waals surface area (Å²) in [7, 11) is 0. The summed E-state index contributed by atoms with van der Waals surface area (Å²) in [6, 6.07) is 9.55. The molecule has 1 saturated heterocycles. The van der Waals surface area contributed by atoms with Gasteiger partial charge in [-0.3, -0.25) is 0 Å². The van der Waals surface area contributed by atoms with Crippen LogP contribution in [0.4, 0.5) is 0 Å². The van der Waals surface area contributed by atoms with Gasteiger partial charge < -0.3 is 20.1 Å². The molecule has 2 rings (SSSR count). The van der Waals surface area contributed by atoms with Crippen molar-refractivity contribution in [3.63, 3.8) is 0 Å². The highest BCUT2D eigenvalue weighted by Gasteiger charge is 2.09. The van der Waals surface area contributed by atoms with Crippen LogP contribution in [0.15, 0.2) is 42.1 Å². The fourth-order valence-electron chi connectivity index (χ4n) is 2.53. The molecule has 0 atom stereocenters. The first-order chi connectivity index (χ1) is 11.2. The molecule has 1 aromatic carbocycles. The lowest BCUT2D eigenvalue weighted by atomic mass is 10.1. The van der Waals surface area contributed by atoms with Crippen LogP contribution in [0.2, 0.25) is 0 Å². The van der Waals surface area contributed by atoms with Crippen molar-refractivity contribution in [3.05, 3.63) is 47.7 Å². The van der Waals surface area contributed by atoms with Gasteiger partial charge in [-0.2, -0.15) is 0 Å². The molecule has 1 heterocycles. The number of nitrogens with two attached hydrogens (primary N) is 1. The van der Waals surface area contributed by atoms with Gasteiger partial charge in [0.2, 0.25) is 0 Å². The molecule has 0 bridgehead atoms. The zero-order valence-corrected chi connectivity index (χ0v) is 13.6. The number of benzene rings is 1. The van der Waals surface area contributed by atoms with Crippen molar-refractivity contribution in [3.8, 4) is 0 Å². The third-order valence-electron chi connectivity index (χ3n) is 3.80. The summed E-state index contributed by atoms with van der Waals surface area (Å²) in [6.07, 6.45) is 5.17. The molecule has 5 heteroatoms. The number of esters is 1. The number of nitrogens with zero attached hydrogens (tertiary/aromatic N) is 1. The minimum absolute atomic E-state index is 0.249. The Kier molecular flexibility index (Phi) is 7.63. The molecular formula is C18H26N2O3. The van der Waals surface area contributed by atoms with E-state index in [1.165, 1.54) is 25.3 Å². The smallest absolute Gasteiger partial charge is 0.332 e. The Morgan fingerprint density at radius 2 is 1.91 bits per heavy atom. The second-order valence-corrected chi connectivity index (χ2v) is 5.77. The Morgan fingerprint density at radius 1 is 1.17 bits per heavy atom. The van der Waals surface area contributed by atoms with Crippen LogP contribution in [0.1, 0.15) is 24.8 Å². The maximum atomic E-state index is 11.7. The molecule has 1 aliphatic rings. The molecule has 1 aromatic rings. The van der Waals surface area contributed by atoms with E-state index in [1.807, 2.05) is 30.3 Å². The van der Waals surface area contributed by atoms with Crippen LogP contribution in [0, 0.1) is 0 Å². The van der Waals surface area contributed by atoms with Gasteiger partial charge in [-0.25, -0.2) is 4.79 Å². The number of hydrogen-bond acceptors (Lipinski definition) is 5. The summed E-state index contributed by atoms with van der Waals surface area (Å²) in [6.45, 7) is 4.37. The van der Waals surface area contributed by atoms with Gasteiger partial charge in [0, 0.05) is 18.3 Å². The number of carbonyl (C=O) groups is 1. The highest BCUT2D eigenvalue weighted by molar-refractivity contribution is 5.82. The number of carbonyl (C=O) groups excluding carboxylic acids is 1. The second-order valence-electron chi connectivity index (χ2n) is 5.77. The summed E-state index contributed by atoms with van der Waals surface area (Å²) in [5.74, 6) is -0.439. The molecule has 1 fully saturated rings. The van der Waals surface area contributed by atoms with Crippen LogP contribution >= 0.6 is 0 Å². The Bertz CT molecular complexity index is 496. The van der Waals surface area contributed by atoms with Gasteiger partial charge in [-0.15, -0.1) is 0 Å².